The van der Waals surface area contributed by atoms with E-state index in [-0.39, 0.29) is 34.7 Å². The summed E-state index contributed by atoms with van der Waals surface area (Å²) in [5.41, 5.74) is 5.62. The molecular weight excluding hydrogens is 396 g/mol. The molecule has 0 radical (unpaired) electrons. The van der Waals surface area contributed by atoms with Crippen molar-refractivity contribution in [3.05, 3.63) is 23.8 Å². The van der Waals surface area contributed by atoms with E-state index in [1.54, 1.807) is 0 Å². The fraction of sp³-hybridized carbons (Fsp3) is 0.588. The number of nitrogens with zero attached hydrogens (tertiary/aromatic N) is 1. The number of carbonyl (C=O) groups is 1. The van der Waals surface area contributed by atoms with Gasteiger partial charge in [0.1, 0.15) is 11.3 Å². The molecule has 1 aliphatic heterocycles. The van der Waals surface area contributed by atoms with Crippen LogP contribution in [0.5, 0.6) is 5.75 Å². The van der Waals surface area contributed by atoms with E-state index in [4.69, 9.17) is 15.2 Å². The summed E-state index contributed by atoms with van der Waals surface area (Å²) < 4.78 is 42.7. The summed E-state index contributed by atoms with van der Waals surface area (Å²) in [7, 11) is -1.03. The number of rotatable bonds is 8. The Morgan fingerprint density at radius 1 is 1.26 bits per heavy atom. The number of piperidine rings is 1. The van der Waals surface area contributed by atoms with Gasteiger partial charge in [-0.15, -0.1) is 12.4 Å². The molecule has 0 aromatic heterocycles. The van der Waals surface area contributed by atoms with Crippen molar-refractivity contribution in [1.29, 1.82) is 0 Å². The predicted molar refractivity (Wildman–Crippen MR) is 103 cm³/mol. The number of esters is 1. The molecule has 0 aliphatic carbocycles. The summed E-state index contributed by atoms with van der Waals surface area (Å²) in [6.45, 7) is 1.95. The second-order valence-electron chi connectivity index (χ2n) is 5.97. The Labute approximate surface area is 166 Å². The van der Waals surface area contributed by atoms with Crippen LogP contribution < -0.4 is 10.5 Å². The monoisotopic (exact) mass is 422 g/mol. The first-order valence-corrected chi connectivity index (χ1v) is 9.96. The summed E-state index contributed by atoms with van der Waals surface area (Å²) in [5.74, 6) is -0.417. The number of sulfonamides is 1. The minimum atomic E-state index is -3.67. The van der Waals surface area contributed by atoms with Crippen molar-refractivity contribution in [2.45, 2.75) is 30.3 Å². The lowest BCUT2D eigenvalue weighted by Gasteiger charge is -2.31. The zero-order valence-electron chi connectivity index (χ0n) is 15.5. The first-order valence-electron chi connectivity index (χ1n) is 8.52. The third-order valence-corrected chi connectivity index (χ3v) is 6.21. The van der Waals surface area contributed by atoms with Crippen LogP contribution in [0.1, 0.15) is 29.6 Å². The zero-order valence-corrected chi connectivity index (χ0v) is 17.2. The van der Waals surface area contributed by atoms with Gasteiger partial charge < -0.3 is 19.9 Å². The molecule has 0 bridgehead atoms. The number of methoxy groups -OCH3 is 2. The molecule has 1 heterocycles. The molecule has 1 aromatic rings. The van der Waals surface area contributed by atoms with Crippen LogP contribution in [-0.2, 0) is 19.5 Å². The van der Waals surface area contributed by atoms with E-state index >= 15 is 0 Å². The van der Waals surface area contributed by atoms with Crippen LogP contribution in [0.2, 0.25) is 0 Å². The molecule has 1 fully saturated rings. The molecular formula is C17H27ClN2O6S. The van der Waals surface area contributed by atoms with Gasteiger partial charge >= 0.3 is 5.97 Å². The normalized spacial score (nSPS) is 15.8. The molecule has 27 heavy (non-hydrogen) atoms. The summed E-state index contributed by atoms with van der Waals surface area (Å²) in [4.78, 5) is 11.8. The zero-order chi connectivity index (χ0) is 19.2. The Bertz CT molecular complexity index is 720. The smallest absolute Gasteiger partial charge is 0.341 e. The highest BCUT2D eigenvalue weighted by atomic mass is 35.5. The standard InChI is InChI=1S/C17H26N2O6S.ClH/c1-23-16-12-14(4-5-15(16)17(20)24-2)26(21,22)19-9-6-13(7-10-19)25-11-3-8-18;/h4-5,12-13H,3,6-11,18H2,1-2H3;1H. The van der Waals surface area contributed by atoms with E-state index < -0.39 is 16.0 Å². The van der Waals surface area contributed by atoms with E-state index in [1.165, 1.54) is 36.7 Å². The van der Waals surface area contributed by atoms with Gasteiger partial charge in [0, 0.05) is 25.8 Å². The largest absolute Gasteiger partial charge is 0.496 e. The number of carbonyl (C=O) groups excluding carboxylic acids is 1. The highest BCUT2D eigenvalue weighted by Gasteiger charge is 2.30. The lowest BCUT2D eigenvalue weighted by Crippen LogP contribution is -2.41. The molecule has 1 aromatic carbocycles. The van der Waals surface area contributed by atoms with E-state index in [0.29, 0.717) is 39.1 Å². The van der Waals surface area contributed by atoms with E-state index in [1.807, 2.05) is 0 Å². The summed E-state index contributed by atoms with van der Waals surface area (Å²) in [6.07, 6.45) is 2.14. The Balaban J connectivity index is 0.00000364. The van der Waals surface area contributed by atoms with E-state index in [9.17, 15) is 13.2 Å². The third-order valence-electron chi connectivity index (χ3n) is 4.32. The fourth-order valence-corrected chi connectivity index (χ4v) is 4.32. The molecule has 2 rings (SSSR count). The molecule has 0 amide bonds. The van der Waals surface area contributed by atoms with Crippen molar-refractivity contribution in [2.75, 3.05) is 40.5 Å². The van der Waals surface area contributed by atoms with Gasteiger partial charge in [0.15, 0.2) is 0 Å². The van der Waals surface area contributed by atoms with Crippen molar-refractivity contribution in [1.82, 2.24) is 4.31 Å². The SMILES string of the molecule is COC(=O)c1ccc(S(=O)(=O)N2CCC(OCCCN)CC2)cc1OC.Cl. The van der Waals surface area contributed by atoms with Crippen molar-refractivity contribution in [3.8, 4) is 5.75 Å². The number of hydrogen-bond acceptors (Lipinski definition) is 7. The van der Waals surface area contributed by atoms with Crippen LogP contribution in [0.25, 0.3) is 0 Å². The summed E-state index contributed by atoms with van der Waals surface area (Å²) >= 11 is 0. The van der Waals surface area contributed by atoms with Crippen LogP contribution in [0.3, 0.4) is 0 Å². The Hall–Kier alpha value is -1.39. The number of halogens is 1. The van der Waals surface area contributed by atoms with Crippen LogP contribution in [0.15, 0.2) is 23.1 Å². The minimum Gasteiger partial charge on any atom is -0.496 e. The predicted octanol–water partition coefficient (Wildman–Crippen LogP) is 1.42. The van der Waals surface area contributed by atoms with Crippen LogP contribution in [-0.4, -0.2) is 65.3 Å². The van der Waals surface area contributed by atoms with Gasteiger partial charge in [-0.1, -0.05) is 0 Å². The first-order chi connectivity index (χ1) is 12.4. The van der Waals surface area contributed by atoms with Gasteiger partial charge in [-0.05, 0) is 37.9 Å². The lowest BCUT2D eigenvalue weighted by atomic mass is 10.1. The average molecular weight is 423 g/mol. The number of ether oxygens (including phenoxy) is 3. The Morgan fingerprint density at radius 3 is 2.48 bits per heavy atom. The highest BCUT2D eigenvalue weighted by molar-refractivity contribution is 7.89. The van der Waals surface area contributed by atoms with Crippen LogP contribution >= 0.6 is 12.4 Å². The van der Waals surface area contributed by atoms with E-state index in [2.05, 4.69) is 4.74 Å². The molecule has 1 saturated heterocycles. The number of nitrogens with two attached hydrogens (primary N) is 1. The molecule has 10 heteroatoms. The minimum absolute atomic E-state index is 0. The number of benzene rings is 1. The molecule has 154 valence electrons. The third kappa shape index (κ3) is 5.79. The molecule has 0 spiro atoms. The highest BCUT2D eigenvalue weighted by Crippen LogP contribution is 2.27. The van der Waals surface area contributed by atoms with Crippen molar-refractivity contribution >= 4 is 28.4 Å². The lowest BCUT2D eigenvalue weighted by molar-refractivity contribution is 0.0209. The maximum Gasteiger partial charge on any atom is 0.341 e. The van der Waals surface area contributed by atoms with Gasteiger partial charge in [-0.2, -0.15) is 4.31 Å². The number of hydrogen-bond donors (Lipinski definition) is 1. The summed E-state index contributed by atoms with van der Waals surface area (Å²) in [6, 6.07) is 4.15. The fourth-order valence-electron chi connectivity index (χ4n) is 2.83. The maximum atomic E-state index is 12.9. The van der Waals surface area contributed by atoms with Gasteiger partial charge in [0.2, 0.25) is 10.0 Å². The van der Waals surface area contributed by atoms with Crippen molar-refractivity contribution in [2.24, 2.45) is 5.73 Å². The van der Waals surface area contributed by atoms with Crippen molar-refractivity contribution in [3.63, 3.8) is 0 Å². The van der Waals surface area contributed by atoms with Gasteiger partial charge in [-0.3, -0.25) is 0 Å². The van der Waals surface area contributed by atoms with E-state index in [0.717, 1.165) is 6.42 Å². The topological polar surface area (TPSA) is 108 Å². The van der Waals surface area contributed by atoms with Gasteiger partial charge in [0.25, 0.3) is 0 Å². The van der Waals surface area contributed by atoms with Crippen molar-refractivity contribution < 1.29 is 27.4 Å². The molecule has 2 N–H and O–H groups in total. The van der Waals surface area contributed by atoms with Gasteiger partial charge in [-0.25, -0.2) is 13.2 Å². The first kappa shape index (κ1) is 23.6. The maximum absolute atomic E-state index is 12.9. The summed E-state index contributed by atoms with van der Waals surface area (Å²) in [5, 5.41) is 0. The van der Waals surface area contributed by atoms with Crippen LogP contribution in [0, 0.1) is 0 Å². The molecule has 0 saturated carbocycles. The quantitative estimate of drug-likeness (QED) is 0.498. The molecule has 0 unspecified atom stereocenters. The van der Waals surface area contributed by atoms with Crippen LogP contribution in [0.4, 0.5) is 0 Å². The second kappa shape index (κ2) is 10.8. The second-order valence-corrected chi connectivity index (χ2v) is 7.91. The molecule has 0 atom stereocenters. The Kier molecular flexibility index (Phi) is 9.48. The average Bonchev–Trinajstić information content (AvgIpc) is 2.67. The molecule has 1 aliphatic rings. The van der Waals surface area contributed by atoms with Gasteiger partial charge in [0.05, 0.1) is 25.2 Å². The Morgan fingerprint density at radius 2 is 1.93 bits per heavy atom. The molecule has 8 nitrogen and oxygen atoms in total.